The Morgan fingerprint density at radius 3 is 2.60 bits per heavy atom. The molecule has 0 fully saturated rings. The summed E-state index contributed by atoms with van der Waals surface area (Å²) in [6, 6.07) is 0. The first-order valence-corrected chi connectivity index (χ1v) is 5.09. The van der Waals surface area contributed by atoms with Crippen molar-refractivity contribution >= 4 is 5.97 Å². The molecule has 3 heteroatoms. The van der Waals surface area contributed by atoms with Crippen LogP contribution >= 0.6 is 0 Å². The standard InChI is InChI=1S/C12H19NO2/c1-9-7-5-6-8-11(9,2)12(3,13)10(14)15-4/h5-9H,13H2,1-4H3/t9?,11?,12-/m0/s1. The SMILES string of the molecule is COC(=O)[C@](C)(N)C1(C)C=CC=CC1C. The Bertz CT molecular complexity index is 318. The fourth-order valence-corrected chi connectivity index (χ4v) is 1.92. The predicted molar refractivity (Wildman–Crippen MR) is 60.2 cm³/mol. The fraction of sp³-hybridized carbons (Fsp3) is 0.583. The first-order chi connectivity index (χ1) is 6.86. The lowest BCUT2D eigenvalue weighted by atomic mass is 9.63. The molecule has 0 heterocycles. The summed E-state index contributed by atoms with van der Waals surface area (Å²) in [7, 11) is 1.36. The third-order valence-corrected chi connectivity index (χ3v) is 3.63. The molecule has 0 saturated heterocycles. The van der Waals surface area contributed by atoms with E-state index >= 15 is 0 Å². The molecule has 1 aliphatic carbocycles. The molecule has 0 spiro atoms. The highest BCUT2D eigenvalue weighted by Gasteiger charge is 2.49. The molecular formula is C12H19NO2. The second-order valence-electron chi connectivity index (χ2n) is 4.51. The van der Waals surface area contributed by atoms with Crippen molar-refractivity contribution in [1.82, 2.24) is 0 Å². The molecule has 1 aliphatic rings. The van der Waals surface area contributed by atoms with Gasteiger partial charge in [-0.3, -0.25) is 4.79 Å². The molecule has 0 saturated carbocycles. The minimum atomic E-state index is -1.01. The number of esters is 1. The Labute approximate surface area is 91.0 Å². The molecule has 0 aromatic heterocycles. The molecule has 84 valence electrons. The monoisotopic (exact) mass is 209 g/mol. The van der Waals surface area contributed by atoms with E-state index < -0.39 is 11.0 Å². The number of ether oxygens (including phenoxy) is 1. The van der Waals surface area contributed by atoms with Gasteiger partial charge in [0.1, 0.15) is 5.54 Å². The molecule has 0 aliphatic heterocycles. The van der Waals surface area contributed by atoms with Gasteiger partial charge in [0.15, 0.2) is 0 Å². The minimum Gasteiger partial charge on any atom is -0.468 e. The number of rotatable bonds is 2. The van der Waals surface area contributed by atoms with E-state index in [1.165, 1.54) is 7.11 Å². The summed E-state index contributed by atoms with van der Waals surface area (Å²) in [4.78, 5) is 11.7. The van der Waals surface area contributed by atoms with Crippen molar-refractivity contribution in [3.8, 4) is 0 Å². The third kappa shape index (κ3) is 1.72. The van der Waals surface area contributed by atoms with Crippen LogP contribution < -0.4 is 5.73 Å². The van der Waals surface area contributed by atoms with Crippen LogP contribution in [0.2, 0.25) is 0 Å². The van der Waals surface area contributed by atoms with E-state index in [1.807, 2.05) is 38.2 Å². The number of allylic oxidation sites excluding steroid dienone is 3. The van der Waals surface area contributed by atoms with E-state index in [9.17, 15) is 4.79 Å². The zero-order valence-electron chi connectivity index (χ0n) is 9.78. The topological polar surface area (TPSA) is 52.3 Å². The van der Waals surface area contributed by atoms with Crippen molar-refractivity contribution in [3.05, 3.63) is 24.3 Å². The predicted octanol–water partition coefficient (Wildman–Crippen LogP) is 1.65. The summed E-state index contributed by atoms with van der Waals surface area (Å²) in [5, 5.41) is 0. The van der Waals surface area contributed by atoms with Crippen LogP contribution in [0.4, 0.5) is 0 Å². The van der Waals surface area contributed by atoms with Gasteiger partial charge in [0.05, 0.1) is 7.11 Å². The Morgan fingerprint density at radius 1 is 1.53 bits per heavy atom. The van der Waals surface area contributed by atoms with Crippen LogP contribution in [-0.2, 0) is 9.53 Å². The first-order valence-electron chi connectivity index (χ1n) is 5.09. The Kier molecular flexibility index (Phi) is 3.05. The van der Waals surface area contributed by atoms with E-state index in [0.717, 1.165) is 0 Å². The summed E-state index contributed by atoms with van der Waals surface area (Å²) < 4.78 is 4.76. The first kappa shape index (κ1) is 12.0. The summed E-state index contributed by atoms with van der Waals surface area (Å²) in [5.74, 6) is -0.173. The largest absolute Gasteiger partial charge is 0.468 e. The van der Waals surface area contributed by atoms with Gasteiger partial charge in [-0.25, -0.2) is 0 Å². The highest BCUT2D eigenvalue weighted by Crippen LogP contribution is 2.41. The summed E-state index contributed by atoms with van der Waals surface area (Å²) in [6.07, 6.45) is 7.93. The lowest BCUT2D eigenvalue weighted by Crippen LogP contribution is -2.59. The van der Waals surface area contributed by atoms with E-state index in [-0.39, 0.29) is 11.9 Å². The molecule has 15 heavy (non-hydrogen) atoms. The zero-order valence-corrected chi connectivity index (χ0v) is 9.78. The quantitative estimate of drug-likeness (QED) is 0.703. The lowest BCUT2D eigenvalue weighted by Gasteiger charge is -2.44. The maximum atomic E-state index is 11.7. The van der Waals surface area contributed by atoms with Crippen LogP contribution in [0.25, 0.3) is 0 Å². The number of carbonyl (C=O) groups is 1. The van der Waals surface area contributed by atoms with Gasteiger partial charge >= 0.3 is 5.97 Å². The van der Waals surface area contributed by atoms with Gasteiger partial charge in [0, 0.05) is 5.41 Å². The second-order valence-corrected chi connectivity index (χ2v) is 4.51. The zero-order chi connectivity index (χ0) is 11.7. The maximum absolute atomic E-state index is 11.7. The number of carbonyl (C=O) groups excluding carboxylic acids is 1. The van der Waals surface area contributed by atoms with Crippen molar-refractivity contribution in [2.24, 2.45) is 17.1 Å². The Balaban J connectivity index is 3.09. The minimum absolute atomic E-state index is 0.205. The molecule has 0 radical (unpaired) electrons. The van der Waals surface area contributed by atoms with Crippen LogP contribution in [-0.4, -0.2) is 18.6 Å². The Hall–Kier alpha value is -1.09. The van der Waals surface area contributed by atoms with E-state index in [2.05, 4.69) is 0 Å². The van der Waals surface area contributed by atoms with Crippen LogP contribution in [0.3, 0.4) is 0 Å². The Morgan fingerprint density at radius 2 is 2.13 bits per heavy atom. The van der Waals surface area contributed by atoms with Crippen molar-refractivity contribution in [1.29, 1.82) is 0 Å². The highest BCUT2D eigenvalue weighted by atomic mass is 16.5. The van der Waals surface area contributed by atoms with Crippen molar-refractivity contribution < 1.29 is 9.53 Å². The fourth-order valence-electron chi connectivity index (χ4n) is 1.92. The van der Waals surface area contributed by atoms with E-state index in [1.54, 1.807) is 6.92 Å². The van der Waals surface area contributed by atoms with Gasteiger partial charge in [0.25, 0.3) is 0 Å². The maximum Gasteiger partial charge on any atom is 0.326 e. The summed E-state index contributed by atoms with van der Waals surface area (Å²) in [6.45, 7) is 5.75. The number of hydrogen-bond donors (Lipinski definition) is 1. The summed E-state index contributed by atoms with van der Waals surface area (Å²) in [5.41, 5.74) is 4.69. The molecule has 0 amide bonds. The highest BCUT2D eigenvalue weighted by molar-refractivity contribution is 5.81. The van der Waals surface area contributed by atoms with Gasteiger partial charge in [-0.1, -0.05) is 38.2 Å². The molecule has 0 aromatic carbocycles. The third-order valence-electron chi connectivity index (χ3n) is 3.63. The smallest absolute Gasteiger partial charge is 0.326 e. The molecule has 2 N–H and O–H groups in total. The molecule has 2 unspecified atom stereocenters. The van der Waals surface area contributed by atoms with Crippen LogP contribution in [0, 0.1) is 11.3 Å². The normalized spacial score (nSPS) is 33.5. The van der Waals surface area contributed by atoms with Crippen molar-refractivity contribution in [3.63, 3.8) is 0 Å². The lowest BCUT2D eigenvalue weighted by molar-refractivity contribution is -0.151. The summed E-state index contributed by atoms with van der Waals surface area (Å²) >= 11 is 0. The van der Waals surface area contributed by atoms with Crippen LogP contribution in [0.5, 0.6) is 0 Å². The van der Waals surface area contributed by atoms with Crippen molar-refractivity contribution in [2.45, 2.75) is 26.3 Å². The van der Waals surface area contributed by atoms with Gasteiger partial charge in [-0.2, -0.15) is 0 Å². The van der Waals surface area contributed by atoms with E-state index in [4.69, 9.17) is 10.5 Å². The molecule has 0 bridgehead atoms. The van der Waals surface area contributed by atoms with E-state index in [0.29, 0.717) is 0 Å². The average Bonchev–Trinajstić information content (AvgIpc) is 2.21. The van der Waals surface area contributed by atoms with Gasteiger partial charge in [0.2, 0.25) is 0 Å². The molecule has 1 rings (SSSR count). The molecule has 3 atom stereocenters. The second kappa shape index (κ2) is 3.81. The average molecular weight is 209 g/mol. The van der Waals surface area contributed by atoms with Crippen LogP contribution in [0.1, 0.15) is 20.8 Å². The number of methoxy groups -OCH3 is 1. The molecular weight excluding hydrogens is 190 g/mol. The molecule has 0 aromatic rings. The van der Waals surface area contributed by atoms with Gasteiger partial charge < -0.3 is 10.5 Å². The number of nitrogens with two attached hydrogens (primary N) is 1. The van der Waals surface area contributed by atoms with Gasteiger partial charge in [-0.15, -0.1) is 0 Å². The van der Waals surface area contributed by atoms with Crippen molar-refractivity contribution in [2.75, 3.05) is 7.11 Å². The number of hydrogen-bond acceptors (Lipinski definition) is 3. The molecule has 3 nitrogen and oxygen atoms in total. The van der Waals surface area contributed by atoms with Crippen LogP contribution in [0.15, 0.2) is 24.3 Å². The van der Waals surface area contributed by atoms with Gasteiger partial charge in [-0.05, 0) is 12.8 Å².